The summed E-state index contributed by atoms with van der Waals surface area (Å²) in [4.78, 5) is 17.8. The molecule has 28 heavy (non-hydrogen) atoms. The van der Waals surface area contributed by atoms with Crippen LogP contribution in [0.15, 0.2) is 52.5 Å². The van der Waals surface area contributed by atoms with Crippen molar-refractivity contribution in [1.82, 2.24) is 25.2 Å². The van der Waals surface area contributed by atoms with Crippen LogP contribution in [0.3, 0.4) is 0 Å². The molecule has 1 aromatic carbocycles. The summed E-state index contributed by atoms with van der Waals surface area (Å²) >= 11 is 1.69. The highest BCUT2D eigenvalue weighted by Crippen LogP contribution is 2.21. The number of carbonyl (C=O) groups excluding carboxylic acids is 1. The van der Waals surface area contributed by atoms with Crippen molar-refractivity contribution in [2.24, 2.45) is 0 Å². The van der Waals surface area contributed by atoms with Crippen LogP contribution in [0, 0.1) is 13.8 Å². The number of amides is 1. The topological polar surface area (TPSA) is 85.8 Å². The highest BCUT2D eigenvalue weighted by atomic mass is 32.1. The molecule has 1 N–H and O–H groups in total. The number of aryl methyl sites for hydroxylation is 2. The highest BCUT2D eigenvalue weighted by Gasteiger charge is 2.19. The SMILES string of the molecule is Cc1ccsc1CCNC(=O)c1nc(-c2cn(-c3ccccc3)nc2C)no1. The van der Waals surface area contributed by atoms with Gasteiger partial charge in [0.25, 0.3) is 0 Å². The molecule has 0 aliphatic rings. The van der Waals surface area contributed by atoms with Gasteiger partial charge in [0.1, 0.15) is 0 Å². The normalized spacial score (nSPS) is 10.9. The van der Waals surface area contributed by atoms with Crippen molar-refractivity contribution in [2.75, 3.05) is 6.54 Å². The van der Waals surface area contributed by atoms with E-state index in [2.05, 4.69) is 38.9 Å². The van der Waals surface area contributed by atoms with Crippen molar-refractivity contribution in [3.05, 3.63) is 70.0 Å². The van der Waals surface area contributed by atoms with Crippen LogP contribution in [-0.4, -0.2) is 32.4 Å². The summed E-state index contributed by atoms with van der Waals surface area (Å²) in [6.07, 6.45) is 2.61. The van der Waals surface area contributed by atoms with Crippen molar-refractivity contribution >= 4 is 17.2 Å². The molecule has 8 heteroatoms. The molecule has 4 aromatic rings. The molecule has 0 aliphatic carbocycles. The van der Waals surface area contributed by atoms with E-state index in [9.17, 15) is 4.79 Å². The number of rotatable bonds is 6. The molecule has 0 aliphatic heterocycles. The molecule has 142 valence electrons. The first-order valence-corrected chi connectivity index (χ1v) is 9.77. The van der Waals surface area contributed by atoms with Crippen LogP contribution < -0.4 is 5.32 Å². The molecule has 0 radical (unpaired) electrons. The van der Waals surface area contributed by atoms with Gasteiger partial charge >= 0.3 is 11.8 Å². The monoisotopic (exact) mass is 393 g/mol. The third kappa shape index (κ3) is 3.72. The average molecular weight is 393 g/mol. The van der Waals surface area contributed by atoms with E-state index < -0.39 is 0 Å². The smallest absolute Gasteiger partial charge is 0.316 e. The number of aromatic nitrogens is 4. The second-order valence-electron chi connectivity index (χ2n) is 6.36. The van der Waals surface area contributed by atoms with Crippen molar-refractivity contribution in [3.8, 4) is 17.1 Å². The molecule has 3 aromatic heterocycles. The van der Waals surface area contributed by atoms with Gasteiger partial charge in [-0.25, -0.2) is 4.68 Å². The standard InChI is InChI=1S/C20H19N5O2S/c1-13-9-11-28-17(13)8-10-21-19(26)20-22-18(24-27-20)16-12-25(23-14(16)2)15-6-4-3-5-7-15/h3-7,9,11-12H,8,10H2,1-2H3,(H,21,26). The fraction of sp³-hybridized carbons (Fsp3) is 0.200. The van der Waals surface area contributed by atoms with E-state index >= 15 is 0 Å². The van der Waals surface area contributed by atoms with E-state index in [-0.39, 0.29) is 11.8 Å². The number of nitrogens with one attached hydrogen (secondary N) is 1. The van der Waals surface area contributed by atoms with Gasteiger partial charge in [0.05, 0.1) is 16.9 Å². The molecule has 7 nitrogen and oxygen atoms in total. The quantitative estimate of drug-likeness (QED) is 0.541. The van der Waals surface area contributed by atoms with Gasteiger partial charge in [-0.1, -0.05) is 23.4 Å². The van der Waals surface area contributed by atoms with Crippen molar-refractivity contribution < 1.29 is 9.32 Å². The molecule has 0 spiro atoms. The number of carbonyl (C=O) groups is 1. The van der Waals surface area contributed by atoms with E-state index in [1.165, 1.54) is 10.4 Å². The zero-order valence-corrected chi connectivity index (χ0v) is 16.4. The highest BCUT2D eigenvalue weighted by molar-refractivity contribution is 7.10. The van der Waals surface area contributed by atoms with E-state index in [0.717, 1.165) is 23.4 Å². The summed E-state index contributed by atoms with van der Waals surface area (Å²) in [5.41, 5.74) is 3.65. The minimum absolute atomic E-state index is 0.0511. The number of hydrogen-bond acceptors (Lipinski definition) is 6. The summed E-state index contributed by atoms with van der Waals surface area (Å²) in [6, 6.07) is 11.8. The number of benzene rings is 1. The molecular weight excluding hydrogens is 374 g/mol. The van der Waals surface area contributed by atoms with Gasteiger partial charge in [-0.2, -0.15) is 10.1 Å². The Morgan fingerprint density at radius 1 is 1.21 bits per heavy atom. The first kappa shape index (κ1) is 18.1. The summed E-state index contributed by atoms with van der Waals surface area (Å²) in [5, 5.41) is 13.3. The molecule has 3 heterocycles. The molecule has 0 saturated heterocycles. The lowest BCUT2D eigenvalue weighted by Crippen LogP contribution is -2.25. The first-order chi connectivity index (χ1) is 13.6. The lowest BCUT2D eigenvalue weighted by molar-refractivity contribution is 0.0910. The zero-order chi connectivity index (χ0) is 19.5. The van der Waals surface area contributed by atoms with Crippen LogP contribution in [-0.2, 0) is 6.42 Å². The molecule has 1 amide bonds. The van der Waals surface area contributed by atoms with Gasteiger partial charge in [-0.15, -0.1) is 11.3 Å². The van der Waals surface area contributed by atoms with Crippen molar-refractivity contribution in [2.45, 2.75) is 20.3 Å². The lowest BCUT2D eigenvalue weighted by atomic mass is 10.2. The van der Waals surface area contributed by atoms with Gasteiger partial charge in [-0.3, -0.25) is 4.79 Å². The second kappa shape index (κ2) is 7.77. The van der Waals surface area contributed by atoms with Crippen molar-refractivity contribution in [3.63, 3.8) is 0 Å². The Kier molecular flexibility index (Phi) is 5.03. The van der Waals surface area contributed by atoms with E-state index in [1.54, 1.807) is 16.0 Å². The van der Waals surface area contributed by atoms with Gasteiger partial charge < -0.3 is 9.84 Å². The Hall–Kier alpha value is -3.26. The zero-order valence-electron chi connectivity index (χ0n) is 15.5. The minimum Gasteiger partial charge on any atom is -0.347 e. The summed E-state index contributed by atoms with van der Waals surface area (Å²) < 4.78 is 6.91. The molecular formula is C20H19N5O2S. The van der Waals surface area contributed by atoms with Crippen LogP contribution >= 0.6 is 11.3 Å². The molecule has 0 saturated carbocycles. The van der Waals surface area contributed by atoms with Crippen LogP contribution in [0.5, 0.6) is 0 Å². The van der Waals surface area contributed by atoms with Crippen LogP contribution in [0.2, 0.25) is 0 Å². The third-order valence-corrected chi connectivity index (χ3v) is 5.47. The van der Waals surface area contributed by atoms with Gasteiger partial charge in [0.2, 0.25) is 5.82 Å². The predicted octanol–water partition coefficient (Wildman–Crippen LogP) is 3.57. The molecule has 0 unspecified atom stereocenters. The van der Waals surface area contributed by atoms with E-state index in [4.69, 9.17) is 4.52 Å². The summed E-state index contributed by atoms with van der Waals surface area (Å²) in [5.74, 6) is -0.0789. The Morgan fingerprint density at radius 3 is 2.79 bits per heavy atom. The van der Waals surface area contributed by atoms with Gasteiger partial charge in [0, 0.05) is 17.6 Å². The minimum atomic E-state index is -0.374. The summed E-state index contributed by atoms with van der Waals surface area (Å²) in [7, 11) is 0. The fourth-order valence-electron chi connectivity index (χ4n) is 2.84. The molecule has 0 bridgehead atoms. The number of hydrogen-bond donors (Lipinski definition) is 1. The maximum atomic E-state index is 12.3. The Balaban J connectivity index is 1.45. The van der Waals surface area contributed by atoms with Gasteiger partial charge in [0.15, 0.2) is 0 Å². The Morgan fingerprint density at radius 2 is 2.04 bits per heavy atom. The Labute approximate surface area is 166 Å². The maximum absolute atomic E-state index is 12.3. The number of thiophene rings is 1. The third-order valence-electron chi connectivity index (χ3n) is 4.39. The largest absolute Gasteiger partial charge is 0.347 e. The van der Waals surface area contributed by atoms with Crippen LogP contribution in [0.4, 0.5) is 0 Å². The van der Waals surface area contributed by atoms with Gasteiger partial charge in [-0.05, 0) is 49.4 Å². The Bertz CT molecular complexity index is 1100. The second-order valence-corrected chi connectivity index (χ2v) is 7.36. The maximum Gasteiger partial charge on any atom is 0.316 e. The number of nitrogens with zero attached hydrogens (tertiary/aromatic N) is 4. The average Bonchev–Trinajstić information content (AvgIpc) is 3.43. The summed E-state index contributed by atoms with van der Waals surface area (Å²) in [6.45, 7) is 4.45. The lowest BCUT2D eigenvalue weighted by Gasteiger charge is -2.01. The van der Waals surface area contributed by atoms with E-state index in [0.29, 0.717) is 12.4 Å². The first-order valence-electron chi connectivity index (χ1n) is 8.89. The molecule has 4 rings (SSSR count). The van der Waals surface area contributed by atoms with E-state index in [1.807, 2.05) is 43.5 Å². The molecule has 0 atom stereocenters. The number of para-hydroxylation sites is 1. The van der Waals surface area contributed by atoms with Crippen LogP contribution in [0.25, 0.3) is 17.1 Å². The van der Waals surface area contributed by atoms with Crippen LogP contribution in [0.1, 0.15) is 26.8 Å². The predicted molar refractivity (Wildman–Crippen MR) is 107 cm³/mol. The molecule has 0 fully saturated rings. The van der Waals surface area contributed by atoms with Crippen molar-refractivity contribution in [1.29, 1.82) is 0 Å². The fourth-order valence-corrected chi connectivity index (χ4v) is 3.75.